The van der Waals surface area contributed by atoms with E-state index >= 15 is 0 Å². The van der Waals surface area contributed by atoms with Crippen LogP contribution < -0.4 is 4.89 Å². The molecule has 0 bridgehead atoms. The molecule has 0 rings (SSSR count). The van der Waals surface area contributed by atoms with Crippen LogP contribution in [0.15, 0.2) is 0 Å². The second kappa shape index (κ2) is 5.21. The zero-order valence-electron chi connectivity index (χ0n) is 8.97. The van der Waals surface area contributed by atoms with Crippen LogP contribution in [0.4, 0.5) is 0 Å². The Kier molecular flexibility index (Phi) is 5.22. The van der Waals surface area contributed by atoms with E-state index in [0.717, 1.165) is 0 Å². The Hall–Kier alpha value is 0.0300. The fourth-order valence-corrected chi connectivity index (χ4v) is 1.32. The SMILES string of the molecule is CCOC(C[N+](C)(C)C)OP(=O)([O-])O. The highest BCUT2D eigenvalue weighted by Crippen LogP contribution is 2.33. The molecule has 14 heavy (non-hydrogen) atoms. The minimum absolute atomic E-state index is 0.324. The molecule has 0 aromatic carbocycles. The van der Waals surface area contributed by atoms with Gasteiger partial charge in [-0.05, 0) is 6.92 Å². The highest BCUT2D eigenvalue weighted by molar-refractivity contribution is 7.44. The summed E-state index contributed by atoms with van der Waals surface area (Å²) in [5.74, 6) is 0. The van der Waals surface area contributed by atoms with Gasteiger partial charge in [0.25, 0.3) is 7.82 Å². The minimum Gasteiger partial charge on any atom is -0.756 e. The molecule has 0 amide bonds. The lowest BCUT2D eigenvalue weighted by atomic mass is 10.5. The Morgan fingerprint density at radius 1 is 1.50 bits per heavy atom. The first-order chi connectivity index (χ1) is 6.14. The van der Waals surface area contributed by atoms with Crippen LogP contribution in [0.3, 0.4) is 0 Å². The van der Waals surface area contributed by atoms with E-state index in [1.807, 2.05) is 21.1 Å². The van der Waals surface area contributed by atoms with E-state index in [9.17, 15) is 9.46 Å². The van der Waals surface area contributed by atoms with Crippen LogP contribution in [-0.2, 0) is 13.8 Å². The predicted molar refractivity (Wildman–Crippen MR) is 49.2 cm³/mol. The number of phosphoric acid groups is 1. The number of likely N-dealkylation sites (N-methyl/N-ethyl adjacent to an activating group) is 1. The first-order valence-corrected chi connectivity index (χ1v) is 5.78. The highest BCUT2D eigenvalue weighted by Gasteiger charge is 2.22. The van der Waals surface area contributed by atoms with E-state index in [0.29, 0.717) is 17.6 Å². The minimum atomic E-state index is -4.72. The molecule has 0 radical (unpaired) electrons. The van der Waals surface area contributed by atoms with Crippen molar-refractivity contribution < 1.29 is 28.1 Å². The van der Waals surface area contributed by atoms with E-state index in [4.69, 9.17) is 9.63 Å². The summed E-state index contributed by atoms with van der Waals surface area (Å²) in [4.78, 5) is 19.0. The molecular weight excluding hydrogens is 209 g/mol. The first-order valence-electron chi connectivity index (χ1n) is 4.28. The van der Waals surface area contributed by atoms with Gasteiger partial charge in [0, 0.05) is 6.61 Å². The van der Waals surface area contributed by atoms with E-state index in [-0.39, 0.29) is 0 Å². The van der Waals surface area contributed by atoms with Crippen LogP contribution in [-0.4, -0.2) is 50.0 Å². The van der Waals surface area contributed by atoms with Crippen molar-refractivity contribution in [1.82, 2.24) is 0 Å². The third-order valence-electron chi connectivity index (χ3n) is 1.30. The molecule has 0 spiro atoms. The van der Waals surface area contributed by atoms with Gasteiger partial charge in [0.05, 0.1) is 21.1 Å². The maximum Gasteiger partial charge on any atom is 0.267 e. The normalized spacial score (nSPS) is 19.0. The molecule has 6 nitrogen and oxygen atoms in total. The molecular formula is C7H18NO5P. The topological polar surface area (TPSA) is 78.8 Å². The van der Waals surface area contributed by atoms with E-state index < -0.39 is 14.1 Å². The van der Waals surface area contributed by atoms with Crippen molar-refractivity contribution in [3.8, 4) is 0 Å². The summed E-state index contributed by atoms with van der Waals surface area (Å²) >= 11 is 0. The Labute approximate surface area is 84.3 Å². The van der Waals surface area contributed by atoms with Crippen molar-refractivity contribution in [1.29, 1.82) is 0 Å². The van der Waals surface area contributed by atoms with Gasteiger partial charge in [0.15, 0.2) is 0 Å². The van der Waals surface area contributed by atoms with Gasteiger partial charge in [-0.15, -0.1) is 0 Å². The van der Waals surface area contributed by atoms with Crippen LogP contribution in [0.5, 0.6) is 0 Å². The number of nitrogens with zero attached hydrogens (tertiary/aromatic N) is 1. The van der Waals surface area contributed by atoms with Crippen LogP contribution in [0.2, 0.25) is 0 Å². The lowest BCUT2D eigenvalue weighted by Crippen LogP contribution is -2.43. The van der Waals surface area contributed by atoms with Crippen LogP contribution in [0.1, 0.15) is 6.92 Å². The lowest BCUT2D eigenvalue weighted by Gasteiger charge is -2.30. The fourth-order valence-electron chi connectivity index (χ4n) is 0.898. The highest BCUT2D eigenvalue weighted by atomic mass is 31.2. The van der Waals surface area contributed by atoms with Crippen molar-refractivity contribution in [3.05, 3.63) is 0 Å². The molecule has 0 fully saturated rings. The Bertz CT molecular complexity index is 209. The quantitative estimate of drug-likeness (QED) is 0.377. The summed E-state index contributed by atoms with van der Waals surface area (Å²) in [5.41, 5.74) is 0. The second-order valence-electron chi connectivity index (χ2n) is 3.93. The molecule has 86 valence electrons. The van der Waals surface area contributed by atoms with Gasteiger partial charge in [0.2, 0.25) is 6.29 Å². The maximum atomic E-state index is 10.5. The predicted octanol–water partition coefficient (Wildman–Crippen LogP) is -0.467. The Morgan fingerprint density at radius 3 is 2.29 bits per heavy atom. The van der Waals surface area contributed by atoms with Gasteiger partial charge >= 0.3 is 0 Å². The third-order valence-corrected chi connectivity index (χ3v) is 1.80. The summed E-state index contributed by atoms with van der Waals surface area (Å²) in [5, 5.41) is 0. The van der Waals surface area contributed by atoms with E-state index in [2.05, 4.69) is 4.52 Å². The van der Waals surface area contributed by atoms with Gasteiger partial charge in [-0.2, -0.15) is 0 Å². The maximum absolute atomic E-state index is 10.5. The number of hydrogen-bond acceptors (Lipinski definition) is 4. The van der Waals surface area contributed by atoms with Crippen LogP contribution in [0, 0.1) is 0 Å². The number of hydrogen-bond donors (Lipinski definition) is 1. The zero-order chi connectivity index (χ0) is 11.4. The molecule has 1 N–H and O–H groups in total. The number of phosphoric ester groups is 1. The zero-order valence-corrected chi connectivity index (χ0v) is 9.86. The average Bonchev–Trinajstić information content (AvgIpc) is 1.78. The van der Waals surface area contributed by atoms with E-state index in [1.165, 1.54) is 0 Å². The molecule has 7 heteroatoms. The summed E-state index contributed by atoms with van der Waals surface area (Å²) in [6, 6.07) is 0. The third kappa shape index (κ3) is 8.62. The molecule has 0 aromatic heterocycles. The standard InChI is InChI=1S/C7H18NO5P/c1-5-12-7(6-8(2,3)4)13-14(9,10)11/h7H,5-6H2,1-4H3,(H-,9,10,11). The molecule has 0 aliphatic carbocycles. The smallest absolute Gasteiger partial charge is 0.267 e. The van der Waals surface area contributed by atoms with Crippen molar-refractivity contribution in [2.24, 2.45) is 0 Å². The summed E-state index contributed by atoms with van der Waals surface area (Å²) < 4.78 is 20.3. The first kappa shape index (κ1) is 14.0. The van der Waals surface area contributed by atoms with Crippen LogP contribution >= 0.6 is 7.82 Å². The lowest BCUT2D eigenvalue weighted by molar-refractivity contribution is -0.876. The van der Waals surface area contributed by atoms with Gasteiger partial charge < -0.3 is 19.0 Å². The largest absolute Gasteiger partial charge is 0.756 e. The molecule has 0 aliphatic heterocycles. The van der Waals surface area contributed by atoms with Crippen LogP contribution in [0.25, 0.3) is 0 Å². The Balaban J connectivity index is 4.23. The number of rotatable bonds is 6. The molecule has 0 heterocycles. The van der Waals surface area contributed by atoms with Gasteiger partial charge in [-0.3, -0.25) is 9.09 Å². The summed E-state index contributed by atoms with van der Waals surface area (Å²) in [6.07, 6.45) is -0.937. The van der Waals surface area contributed by atoms with E-state index in [1.54, 1.807) is 6.92 Å². The molecule has 0 saturated carbocycles. The molecule has 0 aromatic rings. The van der Waals surface area contributed by atoms with Gasteiger partial charge in [-0.1, -0.05) is 0 Å². The molecule has 2 unspecified atom stereocenters. The van der Waals surface area contributed by atoms with Crippen molar-refractivity contribution in [2.45, 2.75) is 13.2 Å². The monoisotopic (exact) mass is 227 g/mol. The second-order valence-corrected chi connectivity index (χ2v) is 5.08. The van der Waals surface area contributed by atoms with Crippen molar-refractivity contribution in [2.75, 3.05) is 34.3 Å². The van der Waals surface area contributed by atoms with Gasteiger partial charge in [-0.25, -0.2) is 0 Å². The van der Waals surface area contributed by atoms with Crippen molar-refractivity contribution >= 4 is 7.82 Å². The van der Waals surface area contributed by atoms with Gasteiger partial charge in [0.1, 0.15) is 6.54 Å². The Morgan fingerprint density at radius 2 is 2.00 bits per heavy atom. The summed E-state index contributed by atoms with van der Waals surface area (Å²) in [7, 11) is 0.868. The molecule has 0 aliphatic rings. The number of ether oxygens (including phenoxy) is 1. The fraction of sp³-hybridized carbons (Fsp3) is 1.00. The molecule has 2 atom stereocenters. The summed E-state index contributed by atoms with van der Waals surface area (Å²) in [6.45, 7) is 2.38. The van der Waals surface area contributed by atoms with Crippen molar-refractivity contribution in [3.63, 3.8) is 0 Å². The molecule has 0 saturated heterocycles. The average molecular weight is 227 g/mol. The number of quaternary nitrogens is 1.